The second-order valence-corrected chi connectivity index (χ2v) is 6.95. The van der Waals surface area contributed by atoms with Crippen LogP contribution in [0.15, 0.2) is 29.1 Å². The van der Waals surface area contributed by atoms with E-state index in [1.807, 2.05) is 6.07 Å². The maximum Gasteiger partial charge on any atom is 0.289 e. The molecule has 7 nitrogen and oxygen atoms in total. The SMILES string of the molecule is COc1ccc(-c2c(C#N)c3n(c(=O)c2C#N)NC2(CCCCC2)N3)cc1. The van der Waals surface area contributed by atoms with Gasteiger partial charge in [0.25, 0.3) is 5.56 Å². The molecule has 1 aromatic heterocycles. The van der Waals surface area contributed by atoms with E-state index in [1.165, 1.54) is 4.68 Å². The lowest BCUT2D eigenvalue weighted by molar-refractivity contribution is 0.353. The van der Waals surface area contributed by atoms with Gasteiger partial charge >= 0.3 is 0 Å². The monoisotopic (exact) mass is 361 g/mol. The molecule has 2 aliphatic rings. The van der Waals surface area contributed by atoms with Crippen LogP contribution in [0.5, 0.6) is 5.75 Å². The number of anilines is 1. The Morgan fingerprint density at radius 3 is 2.33 bits per heavy atom. The number of hydrogen-bond donors (Lipinski definition) is 2. The second-order valence-electron chi connectivity index (χ2n) is 6.95. The summed E-state index contributed by atoms with van der Waals surface area (Å²) >= 11 is 0. The largest absolute Gasteiger partial charge is 0.497 e. The molecule has 1 aliphatic heterocycles. The van der Waals surface area contributed by atoms with E-state index in [1.54, 1.807) is 31.4 Å². The molecule has 1 aliphatic carbocycles. The number of nitrogens with zero attached hydrogens (tertiary/aromatic N) is 3. The number of rotatable bonds is 2. The van der Waals surface area contributed by atoms with Gasteiger partial charge in [0.1, 0.15) is 40.5 Å². The highest BCUT2D eigenvalue weighted by Crippen LogP contribution is 2.39. The summed E-state index contributed by atoms with van der Waals surface area (Å²) in [6, 6.07) is 11.2. The lowest BCUT2D eigenvalue weighted by atomic mass is 9.89. The third-order valence-corrected chi connectivity index (χ3v) is 5.37. The Bertz CT molecular complexity index is 1030. The van der Waals surface area contributed by atoms with Gasteiger partial charge in [0.2, 0.25) is 0 Å². The van der Waals surface area contributed by atoms with Crippen LogP contribution < -0.4 is 21.0 Å². The first-order chi connectivity index (χ1) is 13.1. The minimum atomic E-state index is -0.438. The quantitative estimate of drug-likeness (QED) is 0.852. The van der Waals surface area contributed by atoms with Crippen LogP contribution >= 0.6 is 0 Å². The van der Waals surface area contributed by atoms with Gasteiger partial charge in [0.05, 0.1) is 7.11 Å². The molecule has 2 heterocycles. The predicted octanol–water partition coefficient (Wildman–Crippen LogP) is 2.90. The number of fused-ring (bicyclic) bond motifs is 1. The van der Waals surface area contributed by atoms with Crippen molar-refractivity contribution in [3.63, 3.8) is 0 Å². The number of nitrogens with one attached hydrogen (secondary N) is 2. The maximum atomic E-state index is 13.0. The van der Waals surface area contributed by atoms with E-state index in [0.717, 1.165) is 32.1 Å². The normalized spacial score (nSPS) is 16.6. The Labute approximate surface area is 156 Å². The van der Waals surface area contributed by atoms with Crippen LogP contribution in [-0.2, 0) is 0 Å². The Kier molecular flexibility index (Phi) is 4.01. The molecule has 0 unspecified atom stereocenters. The minimum absolute atomic E-state index is 0.0392. The Hall–Kier alpha value is -3.45. The molecule has 0 bridgehead atoms. The molecule has 1 spiro atoms. The molecule has 136 valence electrons. The van der Waals surface area contributed by atoms with Gasteiger partial charge in [-0.2, -0.15) is 10.5 Å². The summed E-state index contributed by atoms with van der Waals surface area (Å²) in [5.74, 6) is 1.10. The average molecular weight is 361 g/mol. The fourth-order valence-electron chi connectivity index (χ4n) is 4.02. The fourth-order valence-corrected chi connectivity index (χ4v) is 4.02. The third kappa shape index (κ3) is 2.60. The molecule has 0 amide bonds. The number of hydrogen-bond acceptors (Lipinski definition) is 6. The summed E-state index contributed by atoms with van der Waals surface area (Å²) < 4.78 is 6.52. The predicted molar refractivity (Wildman–Crippen MR) is 101 cm³/mol. The van der Waals surface area contributed by atoms with Gasteiger partial charge in [0, 0.05) is 5.56 Å². The standard InChI is InChI=1S/C20H19N5O2/c1-27-14-7-5-13(6-8-14)17-15(11-21)18-23-20(9-3-2-4-10-20)24-25(18)19(26)16(17)12-22/h5-8,23-24H,2-4,9-10H2,1H3. The van der Waals surface area contributed by atoms with Crippen molar-refractivity contribution in [3.8, 4) is 29.0 Å². The lowest BCUT2D eigenvalue weighted by Gasteiger charge is -2.33. The van der Waals surface area contributed by atoms with E-state index in [0.29, 0.717) is 28.3 Å². The van der Waals surface area contributed by atoms with Crippen molar-refractivity contribution >= 4 is 5.82 Å². The van der Waals surface area contributed by atoms with Gasteiger partial charge < -0.3 is 10.1 Å². The minimum Gasteiger partial charge on any atom is -0.497 e. The molecule has 2 aromatic rings. The van der Waals surface area contributed by atoms with Crippen LogP contribution in [0, 0.1) is 22.7 Å². The van der Waals surface area contributed by atoms with E-state index < -0.39 is 11.2 Å². The average Bonchev–Trinajstić information content (AvgIpc) is 3.07. The van der Waals surface area contributed by atoms with Gasteiger partial charge in [-0.25, -0.2) is 4.68 Å². The summed E-state index contributed by atoms with van der Waals surface area (Å²) in [5.41, 5.74) is 3.62. The topological polar surface area (TPSA) is 103 Å². The van der Waals surface area contributed by atoms with E-state index in [4.69, 9.17) is 4.74 Å². The molecule has 0 saturated heterocycles. The summed E-state index contributed by atoms with van der Waals surface area (Å²) in [6.45, 7) is 0. The number of pyridine rings is 1. The molecule has 7 heteroatoms. The van der Waals surface area contributed by atoms with Gasteiger partial charge in [-0.3, -0.25) is 10.2 Å². The summed E-state index contributed by atoms with van der Waals surface area (Å²) in [6.07, 6.45) is 4.96. The summed E-state index contributed by atoms with van der Waals surface area (Å²) in [4.78, 5) is 13.0. The van der Waals surface area contributed by atoms with Crippen LogP contribution in [0.2, 0.25) is 0 Å². The molecule has 4 rings (SSSR count). The Morgan fingerprint density at radius 2 is 1.74 bits per heavy atom. The van der Waals surface area contributed by atoms with Crippen LogP contribution in [0.1, 0.15) is 43.2 Å². The lowest BCUT2D eigenvalue weighted by Crippen LogP contribution is -2.46. The molecule has 1 fully saturated rings. The molecule has 1 saturated carbocycles. The Balaban J connectivity index is 1.93. The molecule has 0 radical (unpaired) electrons. The van der Waals surface area contributed by atoms with E-state index in [-0.39, 0.29) is 5.56 Å². The number of benzene rings is 1. The van der Waals surface area contributed by atoms with Gasteiger partial charge in [0.15, 0.2) is 0 Å². The highest BCUT2D eigenvalue weighted by Gasteiger charge is 2.40. The van der Waals surface area contributed by atoms with Crippen molar-refractivity contribution in [2.75, 3.05) is 17.9 Å². The number of aromatic nitrogens is 1. The van der Waals surface area contributed by atoms with Crippen LogP contribution in [0.3, 0.4) is 0 Å². The van der Waals surface area contributed by atoms with Crippen molar-refractivity contribution in [3.05, 3.63) is 45.7 Å². The molecular weight excluding hydrogens is 342 g/mol. The van der Waals surface area contributed by atoms with Crippen molar-refractivity contribution in [2.45, 2.75) is 37.8 Å². The molecule has 27 heavy (non-hydrogen) atoms. The zero-order valence-corrected chi connectivity index (χ0v) is 15.0. The number of nitriles is 2. The van der Waals surface area contributed by atoms with Gasteiger partial charge in [-0.05, 0) is 43.4 Å². The molecule has 2 N–H and O–H groups in total. The van der Waals surface area contributed by atoms with Gasteiger partial charge in [-0.15, -0.1) is 0 Å². The number of ether oxygens (including phenoxy) is 1. The zero-order chi connectivity index (χ0) is 19.0. The first-order valence-electron chi connectivity index (χ1n) is 8.96. The molecule has 0 atom stereocenters. The first kappa shape index (κ1) is 17.0. The van der Waals surface area contributed by atoms with Crippen molar-refractivity contribution in [1.82, 2.24) is 4.68 Å². The highest BCUT2D eigenvalue weighted by molar-refractivity contribution is 5.82. The highest BCUT2D eigenvalue weighted by atomic mass is 16.5. The Morgan fingerprint density at radius 1 is 1.07 bits per heavy atom. The maximum absolute atomic E-state index is 13.0. The van der Waals surface area contributed by atoms with Gasteiger partial charge in [-0.1, -0.05) is 18.6 Å². The first-order valence-corrected chi connectivity index (χ1v) is 8.96. The molecular formula is C20H19N5O2. The van der Waals surface area contributed by atoms with Crippen molar-refractivity contribution in [1.29, 1.82) is 10.5 Å². The fraction of sp³-hybridized carbons (Fsp3) is 0.350. The van der Waals surface area contributed by atoms with E-state index in [2.05, 4.69) is 16.8 Å². The smallest absolute Gasteiger partial charge is 0.289 e. The summed E-state index contributed by atoms with van der Waals surface area (Å²) in [5, 5.41) is 22.9. The number of methoxy groups -OCH3 is 1. The van der Waals surface area contributed by atoms with E-state index >= 15 is 0 Å². The van der Waals surface area contributed by atoms with E-state index in [9.17, 15) is 15.3 Å². The van der Waals surface area contributed by atoms with Crippen LogP contribution in [0.4, 0.5) is 5.82 Å². The third-order valence-electron chi connectivity index (χ3n) is 5.37. The van der Waals surface area contributed by atoms with Crippen molar-refractivity contribution in [2.24, 2.45) is 0 Å². The van der Waals surface area contributed by atoms with Crippen LogP contribution in [-0.4, -0.2) is 17.4 Å². The van der Waals surface area contributed by atoms with Crippen LogP contribution in [0.25, 0.3) is 11.1 Å². The van der Waals surface area contributed by atoms with Crippen molar-refractivity contribution < 1.29 is 4.74 Å². The summed E-state index contributed by atoms with van der Waals surface area (Å²) in [7, 11) is 1.57. The zero-order valence-electron chi connectivity index (χ0n) is 15.0. The second kappa shape index (κ2) is 6.37. The molecule has 1 aromatic carbocycles.